The minimum absolute atomic E-state index is 0.128. The fraction of sp³-hybridized carbons (Fsp3) is 0.125. The monoisotopic (exact) mass is 500 g/mol. The van der Waals surface area contributed by atoms with Crippen LogP contribution in [0.25, 0.3) is 11.1 Å². The number of nitrogens with zero attached hydrogens (tertiary/aromatic N) is 1. The van der Waals surface area contributed by atoms with Crippen molar-refractivity contribution < 1.29 is 19.2 Å². The van der Waals surface area contributed by atoms with Gasteiger partial charge < -0.3 is 10.6 Å². The summed E-state index contributed by atoms with van der Waals surface area (Å²) in [6, 6.07) is 20.3. The Morgan fingerprint density at radius 1 is 0.500 bits per heavy atom. The van der Waals surface area contributed by atoms with Crippen LogP contribution >= 0.6 is 0 Å². The number of carbonyl (C=O) groups is 4. The summed E-state index contributed by atoms with van der Waals surface area (Å²) in [5, 5.41) is 0. The number of hydrogen-bond donors (Lipinski definition) is 1. The summed E-state index contributed by atoms with van der Waals surface area (Å²) in [5.41, 5.74) is 10.0. The number of fused-ring (bicyclic) bond motifs is 4. The van der Waals surface area contributed by atoms with E-state index in [4.69, 9.17) is 5.73 Å². The molecular weight excluding hydrogens is 476 g/mol. The third-order valence-corrected chi connectivity index (χ3v) is 7.56. The van der Waals surface area contributed by atoms with Crippen molar-refractivity contribution >= 4 is 34.5 Å². The molecule has 6 rings (SSSR count). The first-order chi connectivity index (χ1) is 18.4. The predicted molar refractivity (Wildman–Crippen MR) is 146 cm³/mol. The molecule has 0 aromatic heterocycles. The summed E-state index contributed by atoms with van der Waals surface area (Å²) in [7, 11) is 0. The van der Waals surface area contributed by atoms with Gasteiger partial charge >= 0.3 is 0 Å². The zero-order valence-corrected chi connectivity index (χ0v) is 21.0. The molecule has 6 heteroatoms. The number of hydrogen-bond acceptors (Lipinski definition) is 6. The Balaban J connectivity index is 1.69. The summed E-state index contributed by atoms with van der Waals surface area (Å²) in [4.78, 5) is 57.3. The van der Waals surface area contributed by atoms with E-state index in [1.54, 1.807) is 66.7 Å². The molecule has 0 bridgehead atoms. The van der Waals surface area contributed by atoms with Gasteiger partial charge in [0.1, 0.15) is 0 Å². The normalized spacial score (nSPS) is 13.5. The first-order valence-corrected chi connectivity index (χ1v) is 12.6. The first-order valence-electron chi connectivity index (χ1n) is 12.6. The number of nitrogens with two attached hydrogens (primary N) is 1. The van der Waals surface area contributed by atoms with Crippen LogP contribution in [0.4, 0.5) is 11.4 Å². The van der Waals surface area contributed by atoms with Gasteiger partial charge in [-0.1, -0.05) is 60.7 Å². The highest BCUT2D eigenvalue weighted by Gasteiger charge is 2.38. The highest BCUT2D eigenvalue weighted by molar-refractivity contribution is 6.35. The van der Waals surface area contributed by atoms with Crippen molar-refractivity contribution in [2.24, 2.45) is 0 Å². The lowest BCUT2D eigenvalue weighted by Gasteiger charge is -2.30. The van der Waals surface area contributed by atoms with Crippen molar-refractivity contribution in [3.8, 4) is 11.1 Å². The number of nitrogen functional groups attached to an aromatic ring is 1. The summed E-state index contributed by atoms with van der Waals surface area (Å²) >= 11 is 0. The van der Waals surface area contributed by atoms with Crippen LogP contribution in [0.3, 0.4) is 0 Å². The van der Waals surface area contributed by atoms with Crippen LogP contribution in [0, 0.1) is 0 Å². The van der Waals surface area contributed by atoms with Crippen molar-refractivity contribution in [2.45, 2.75) is 13.8 Å². The van der Waals surface area contributed by atoms with E-state index in [1.165, 1.54) is 0 Å². The van der Waals surface area contributed by atoms with Crippen molar-refractivity contribution in [3.63, 3.8) is 0 Å². The topological polar surface area (TPSA) is 97.5 Å². The molecule has 0 unspecified atom stereocenters. The lowest BCUT2D eigenvalue weighted by atomic mass is 9.75. The largest absolute Gasteiger partial charge is 0.398 e. The van der Waals surface area contributed by atoms with E-state index in [0.29, 0.717) is 57.7 Å². The first kappa shape index (κ1) is 23.6. The Kier molecular flexibility index (Phi) is 5.35. The van der Waals surface area contributed by atoms with Crippen LogP contribution < -0.4 is 10.6 Å². The van der Waals surface area contributed by atoms with Crippen LogP contribution in [0.1, 0.15) is 77.5 Å². The molecule has 2 aliphatic rings. The van der Waals surface area contributed by atoms with Crippen molar-refractivity contribution in [1.29, 1.82) is 0 Å². The smallest absolute Gasteiger partial charge is 0.196 e. The molecule has 186 valence electrons. The van der Waals surface area contributed by atoms with Gasteiger partial charge in [-0.25, -0.2) is 0 Å². The molecule has 0 saturated heterocycles. The number of carbonyl (C=O) groups excluding carboxylic acids is 4. The standard InChI is InChI=1S/C32H24N2O4/c1-3-34(4-2)24-16-14-18(26-28(24)32(38)22-12-8-6-10-20(22)30(26)36)17-13-15-23(33)27-25(17)29(35)19-9-5-7-11-21(19)31(27)37/h5-16H,3-4,33H2,1-2H3. The molecule has 6 nitrogen and oxygen atoms in total. The van der Waals surface area contributed by atoms with Crippen molar-refractivity contribution in [1.82, 2.24) is 0 Å². The fourth-order valence-electron chi connectivity index (χ4n) is 5.73. The number of rotatable bonds is 4. The minimum atomic E-state index is -0.339. The molecule has 2 N–H and O–H groups in total. The molecule has 38 heavy (non-hydrogen) atoms. The zero-order chi connectivity index (χ0) is 26.7. The number of anilines is 2. The molecular formula is C32H24N2O4. The van der Waals surface area contributed by atoms with Crippen LogP contribution in [0.5, 0.6) is 0 Å². The number of ketones is 4. The molecule has 4 aromatic carbocycles. The molecule has 0 spiro atoms. The Morgan fingerprint density at radius 2 is 0.895 bits per heavy atom. The van der Waals surface area contributed by atoms with E-state index in [-0.39, 0.29) is 45.5 Å². The maximum Gasteiger partial charge on any atom is 0.196 e. The van der Waals surface area contributed by atoms with E-state index in [1.807, 2.05) is 24.8 Å². The lowest BCUT2D eigenvalue weighted by Crippen LogP contribution is -2.29. The second-order valence-corrected chi connectivity index (χ2v) is 9.41. The summed E-state index contributed by atoms with van der Waals surface area (Å²) < 4.78 is 0. The van der Waals surface area contributed by atoms with Gasteiger partial charge in [-0.3, -0.25) is 19.2 Å². The van der Waals surface area contributed by atoms with E-state index in [0.717, 1.165) is 0 Å². The summed E-state index contributed by atoms with van der Waals surface area (Å²) in [5.74, 6) is -1.21. The maximum atomic E-state index is 14.0. The van der Waals surface area contributed by atoms with Crippen LogP contribution in [-0.2, 0) is 0 Å². The van der Waals surface area contributed by atoms with E-state index in [2.05, 4.69) is 0 Å². The van der Waals surface area contributed by atoms with Gasteiger partial charge in [0.25, 0.3) is 0 Å². The molecule has 0 fully saturated rings. The molecule has 2 aliphatic carbocycles. The summed E-state index contributed by atoms with van der Waals surface area (Å²) in [6.07, 6.45) is 0. The van der Waals surface area contributed by atoms with Crippen molar-refractivity contribution in [2.75, 3.05) is 23.7 Å². The Bertz CT molecular complexity index is 1730. The molecule has 0 atom stereocenters. The average molecular weight is 501 g/mol. The SMILES string of the molecule is CCN(CC)c1ccc(-c2ccc(N)c3c2C(=O)c2ccccc2C3=O)c2c1C(=O)c1ccccc1C2=O. The van der Waals surface area contributed by atoms with Gasteiger partial charge in [-0.05, 0) is 37.1 Å². The average Bonchev–Trinajstić information content (AvgIpc) is 2.95. The molecule has 4 aromatic rings. The third kappa shape index (κ3) is 3.13. The fourth-order valence-corrected chi connectivity index (χ4v) is 5.73. The van der Waals surface area contributed by atoms with Gasteiger partial charge in [0, 0.05) is 57.8 Å². The summed E-state index contributed by atoms with van der Waals surface area (Å²) in [6.45, 7) is 5.27. The maximum absolute atomic E-state index is 14.0. The molecule has 0 aliphatic heterocycles. The van der Waals surface area contributed by atoms with Crippen LogP contribution in [0.2, 0.25) is 0 Å². The van der Waals surface area contributed by atoms with Gasteiger partial charge in [-0.15, -0.1) is 0 Å². The quantitative estimate of drug-likeness (QED) is 0.329. The molecule has 0 saturated carbocycles. The van der Waals surface area contributed by atoms with Crippen LogP contribution in [0.15, 0.2) is 72.8 Å². The predicted octanol–water partition coefficient (Wildman–Crippen LogP) is 5.33. The van der Waals surface area contributed by atoms with Gasteiger partial charge in [0.05, 0.1) is 11.1 Å². The third-order valence-electron chi connectivity index (χ3n) is 7.56. The molecule has 0 radical (unpaired) electrons. The Morgan fingerprint density at radius 3 is 1.37 bits per heavy atom. The minimum Gasteiger partial charge on any atom is -0.398 e. The highest BCUT2D eigenvalue weighted by atomic mass is 16.1. The second-order valence-electron chi connectivity index (χ2n) is 9.41. The van der Waals surface area contributed by atoms with Gasteiger partial charge in [-0.2, -0.15) is 0 Å². The van der Waals surface area contributed by atoms with E-state index >= 15 is 0 Å². The Hall–Kier alpha value is -4.84. The Labute approximate surface area is 219 Å². The number of benzene rings is 4. The molecule has 0 amide bonds. The van der Waals surface area contributed by atoms with Crippen LogP contribution in [-0.4, -0.2) is 36.2 Å². The van der Waals surface area contributed by atoms with Gasteiger partial charge in [0.2, 0.25) is 0 Å². The van der Waals surface area contributed by atoms with E-state index < -0.39 is 0 Å². The lowest BCUT2D eigenvalue weighted by molar-refractivity contribution is 0.0978. The second kappa shape index (κ2) is 8.63. The van der Waals surface area contributed by atoms with Crippen molar-refractivity contribution in [3.05, 3.63) is 117 Å². The molecule has 0 heterocycles. The zero-order valence-electron chi connectivity index (χ0n) is 21.0. The highest BCUT2D eigenvalue weighted by Crippen LogP contribution is 2.43. The van der Waals surface area contributed by atoms with E-state index in [9.17, 15) is 19.2 Å². The van der Waals surface area contributed by atoms with Gasteiger partial charge in [0.15, 0.2) is 23.1 Å².